The summed E-state index contributed by atoms with van der Waals surface area (Å²) in [7, 11) is 4.02. The Kier molecular flexibility index (Phi) is 8.16. The van der Waals surface area contributed by atoms with Crippen LogP contribution in [0, 0.1) is 0 Å². The van der Waals surface area contributed by atoms with Gasteiger partial charge in [-0.3, -0.25) is 9.79 Å². The highest BCUT2D eigenvalue weighted by Gasteiger charge is 2.10. The third kappa shape index (κ3) is 7.07. The molecule has 2 N–H and O–H groups in total. The number of aromatic nitrogens is 1. The van der Waals surface area contributed by atoms with Gasteiger partial charge < -0.3 is 20.1 Å². The van der Waals surface area contributed by atoms with Crippen LogP contribution in [0.2, 0.25) is 0 Å². The summed E-state index contributed by atoms with van der Waals surface area (Å²) < 4.78 is 3.15. The lowest BCUT2D eigenvalue weighted by Crippen LogP contribution is -2.39. The smallest absolute Gasteiger partial charge is 0.222 e. The molecule has 0 saturated heterocycles. The number of rotatable bonds is 7. The second kappa shape index (κ2) is 9.60. The van der Waals surface area contributed by atoms with Crippen molar-refractivity contribution in [3.63, 3.8) is 0 Å². The molecule has 130 valence electrons. The van der Waals surface area contributed by atoms with E-state index >= 15 is 0 Å². The molecule has 0 aliphatic rings. The normalized spacial score (nSPS) is 11.7. The van der Waals surface area contributed by atoms with Crippen LogP contribution in [0.15, 0.2) is 21.7 Å². The molecule has 1 amide bonds. The fourth-order valence-electron chi connectivity index (χ4n) is 2.17. The number of nitrogens with zero attached hydrogens (tertiary/aromatic N) is 3. The number of amides is 1. The number of guanidine groups is 1. The minimum absolute atomic E-state index is 0.0358. The Morgan fingerprint density at radius 2 is 2.17 bits per heavy atom. The van der Waals surface area contributed by atoms with Gasteiger partial charge in [-0.2, -0.15) is 0 Å². The summed E-state index contributed by atoms with van der Waals surface area (Å²) in [4.78, 5) is 18.3. The van der Waals surface area contributed by atoms with Gasteiger partial charge in [0.05, 0.1) is 13.1 Å². The summed E-state index contributed by atoms with van der Waals surface area (Å²) in [6, 6.07) is 2.26. The second-order valence-electron chi connectivity index (χ2n) is 5.82. The summed E-state index contributed by atoms with van der Waals surface area (Å²) in [6.45, 7) is 7.95. The highest BCUT2D eigenvalue weighted by molar-refractivity contribution is 9.10. The van der Waals surface area contributed by atoms with Crippen LogP contribution in [0.1, 0.15) is 32.9 Å². The minimum Gasteiger partial charge on any atom is -0.357 e. The number of aryl methyl sites for hydroxylation is 1. The number of aliphatic imine (C=N–C) groups is 1. The number of nitrogens with one attached hydrogen (secondary N) is 2. The predicted molar refractivity (Wildman–Crippen MR) is 98.5 cm³/mol. The van der Waals surface area contributed by atoms with Crippen LogP contribution in [0.3, 0.4) is 0 Å². The van der Waals surface area contributed by atoms with Crippen molar-refractivity contribution in [3.8, 4) is 0 Å². The fourth-order valence-corrected chi connectivity index (χ4v) is 2.74. The number of carbonyl (C=O) groups excluding carboxylic acids is 1. The lowest BCUT2D eigenvalue weighted by atomic mass is 10.3. The molecule has 0 aliphatic carbocycles. The molecule has 0 unspecified atom stereocenters. The molecule has 0 aromatic carbocycles. The molecule has 1 aromatic rings. The van der Waals surface area contributed by atoms with Crippen molar-refractivity contribution in [3.05, 3.63) is 22.4 Å². The average molecular weight is 386 g/mol. The first kappa shape index (κ1) is 19.5. The molecule has 1 heterocycles. The maximum absolute atomic E-state index is 11.7. The minimum atomic E-state index is 0.0358. The zero-order valence-electron chi connectivity index (χ0n) is 14.7. The third-order valence-electron chi connectivity index (χ3n) is 3.22. The molecule has 1 aromatic heterocycles. The van der Waals surface area contributed by atoms with E-state index in [1.807, 2.05) is 41.1 Å². The van der Waals surface area contributed by atoms with Crippen molar-refractivity contribution in [2.45, 2.75) is 39.8 Å². The van der Waals surface area contributed by atoms with E-state index in [1.54, 1.807) is 0 Å². The van der Waals surface area contributed by atoms with Gasteiger partial charge in [-0.1, -0.05) is 0 Å². The first-order valence-corrected chi connectivity index (χ1v) is 8.72. The number of carbonyl (C=O) groups is 1. The quantitative estimate of drug-likeness (QED) is 0.557. The van der Waals surface area contributed by atoms with Crippen LogP contribution < -0.4 is 10.6 Å². The van der Waals surface area contributed by atoms with E-state index in [-0.39, 0.29) is 11.9 Å². The van der Waals surface area contributed by atoms with Crippen molar-refractivity contribution >= 4 is 27.8 Å². The summed E-state index contributed by atoms with van der Waals surface area (Å²) in [5.74, 6) is 0.843. The molecule has 0 atom stereocenters. The topological polar surface area (TPSA) is 61.7 Å². The Morgan fingerprint density at radius 1 is 1.48 bits per heavy atom. The molecule has 0 spiro atoms. The molecular formula is C16H28BrN5O. The highest BCUT2D eigenvalue weighted by Crippen LogP contribution is 2.14. The van der Waals surface area contributed by atoms with Crippen molar-refractivity contribution < 1.29 is 4.79 Å². The lowest BCUT2D eigenvalue weighted by molar-refractivity contribution is -0.121. The van der Waals surface area contributed by atoms with E-state index in [4.69, 9.17) is 0 Å². The van der Waals surface area contributed by atoms with E-state index in [0.29, 0.717) is 13.0 Å². The van der Waals surface area contributed by atoms with Gasteiger partial charge >= 0.3 is 0 Å². The molecule has 0 fully saturated rings. The van der Waals surface area contributed by atoms with Crippen LogP contribution in [-0.4, -0.2) is 47.5 Å². The summed E-state index contributed by atoms with van der Waals surface area (Å²) in [5.41, 5.74) is 1.18. The summed E-state index contributed by atoms with van der Waals surface area (Å²) >= 11 is 3.49. The van der Waals surface area contributed by atoms with Crippen molar-refractivity contribution in [2.75, 3.05) is 20.1 Å². The molecule has 0 bridgehead atoms. The third-order valence-corrected chi connectivity index (χ3v) is 3.65. The van der Waals surface area contributed by atoms with Crippen molar-refractivity contribution in [1.82, 2.24) is 20.1 Å². The van der Waals surface area contributed by atoms with Gasteiger partial charge in [0.1, 0.15) is 0 Å². The molecule has 0 saturated carbocycles. The lowest BCUT2D eigenvalue weighted by Gasteiger charge is -2.22. The maximum Gasteiger partial charge on any atom is 0.222 e. The fraction of sp³-hybridized carbons (Fsp3) is 0.625. The Balaban J connectivity index is 2.63. The molecule has 0 aliphatic heterocycles. The Bertz CT molecular complexity index is 539. The van der Waals surface area contributed by atoms with Gasteiger partial charge in [-0.05, 0) is 42.8 Å². The zero-order chi connectivity index (χ0) is 17.4. The van der Waals surface area contributed by atoms with Crippen molar-refractivity contribution in [1.29, 1.82) is 0 Å². The van der Waals surface area contributed by atoms with Crippen LogP contribution >= 0.6 is 15.9 Å². The number of halogens is 1. The first-order valence-electron chi connectivity index (χ1n) is 7.93. The van der Waals surface area contributed by atoms with E-state index in [9.17, 15) is 4.79 Å². The summed E-state index contributed by atoms with van der Waals surface area (Å²) in [6.07, 6.45) is 2.43. The van der Waals surface area contributed by atoms with Gasteiger partial charge in [0.15, 0.2) is 5.96 Å². The van der Waals surface area contributed by atoms with Crippen LogP contribution in [-0.2, 0) is 18.4 Å². The Hall–Kier alpha value is -1.50. The molecule has 23 heavy (non-hydrogen) atoms. The van der Waals surface area contributed by atoms with E-state index in [0.717, 1.165) is 23.5 Å². The zero-order valence-corrected chi connectivity index (χ0v) is 16.3. The van der Waals surface area contributed by atoms with Crippen LogP contribution in [0.5, 0.6) is 0 Å². The predicted octanol–water partition coefficient (Wildman–Crippen LogP) is 2.10. The van der Waals surface area contributed by atoms with Gasteiger partial charge in [-0.25, -0.2) is 0 Å². The first-order chi connectivity index (χ1) is 10.8. The second-order valence-corrected chi connectivity index (χ2v) is 6.74. The van der Waals surface area contributed by atoms with Crippen LogP contribution in [0.25, 0.3) is 0 Å². The molecule has 0 radical (unpaired) electrons. The average Bonchev–Trinajstić information content (AvgIpc) is 2.75. The van der Waals surface area contributed by atoms with Gasteiger partial charge in [0.2, 0.25) is 5.91 Å². The number of hydrogen-bond donors (Lipinski definition) is 2. The number of hydrogen-bond acceptors (Lipinski definition) is 2. The van der Waals surface area contributed by atoms with Crippen LogP contribution in [0.4, 0.5) is 0 Å². The van der Waals surface area contributed by atoms with Gasteiger partial charge in [-0.15, -0.1) is 0 Å². The highest BCUT2D eigenvalue weighted by atomic mass is 79.9. The van der Waals surface area contributed by atoms with Gasteiger partial charge in [0, 0.05) is 49.5 Å². The molecule has 1 rings (SSSR count). The SMILES string of the molecule is CCNC(=NCCC(=O)NC(C)C)N(C)Cc1cc(Br)cn1C. The molecular weight excluding hydrogens is 358 g/mol. The summed E-state index contributed by atoms with van der Waals surface area (Å²) in [5, 5.41) is 6.14. The molecule has 7 heteroatoms. The maximum atomic E-state index is 11.7. The van der Waals surface area contributed by atoms with E-state index < -0.39 is 0 Å². The Labute approximate surface area is 147 Å². The standard InChI is InChI=1S/C16H28BrN5O/c1-6-18-16(19-8-7-15(23)20-12(2)3)22(5)11-14-9-13(17)10-21(14)4/h9-10,12H,6-8,11H2,1-5H3,(H,18,19)(H,20,23). The van der Waals surface area contributed by atoms with E-state index in [2.05, 4.69) is 47.1 Å². The van der Waals surface area contributed by atoms with Crippen molar-refractivity contribution in [2.24, 2.45) is 12.0 Å². The van der Waals surface area contributed by atoms with E-state index in [1.165, 1.54) is 5.69 Å². The molecule has 6 nitrogen and oxygen atoms in total. The Morgan fingerprint density at radius 3 is 2.70 bits per heavy atom. The monoisotopic (exact) mass is 385 g/mol. The van der Waals surface area contributed by atoms with Gasteiger partial charge in [0.25, 0.3) is 0 Å². The largest absolute Gasteiger partial charge is 0.357 e.